The summed E-state index contributed by atoms with van der Waals surface area (Å²) in [7, 11) is 0. The normalized spacial score (nSPS) is 11.6. The minimum Gasteiger partial charge on any atom is -0.311 e. The molecule has 0 saturated heterocycles. The molecule has 0 bridgehead atoms. The third-order valence-corrected chi connectivity index (χ3v) is 19.0. The maximum absolute atomic E-state index is 2.43. The molecule has 0 amide bonds. The van der Waals surface area contributed by atoms with Gasteiger partial charge in [0.2, 0.25) is 0 Å². The number of nitrogens with zero attached hydrogens (tertiary/aromatic N) is 4. The largest absolute Gasteiger partial charge is 0.311 e. The van der Waals surface area contributed by atoms with Crippen LogP contribution in [0.15, 0.2) is 364 Å². The molecule has 0 radical (unpaired) electrons. The van der Waals surface area contributed by atoms with Gasteiger partial charge in [0.25, 0.3) is 0 Å². The summed E-state index contributed by atoms with van der Waals surface area (Å²) in [6, 6.07) is 132. The second-order valence-electron chi connectivity index (χ2n) is 26.6. The molecule has 0 aromatic heterocycles. The lowest BCUT2D eigenvalue weighted by Gasteiger charge is -2.30. The summed E-state index contributed by atoms with van der Waals surface area (Å²) >= 11 is 0. The molecule has 4 heteroatoms. The molecule has 15 aromatic carbocycles. The van der Waals surface area contributed by atoms with E-state index in [1.165, 1.54) is 54.9 Å². The Bertz CT molecular complexity index is 5220. The van der Waals surface area contributed by atoms with Gasteiger partial charge in [-0.15, -0.1) is 0 Å². The zero-order valence-electron chi connectivity index (χ0n) is 56.9. The Morgan fingerprint density at radius 3 is 1.02 bits per heavy atom. The summed E-state index contributed by atoms with van der Waals surface area (Å²) in [4.78, 5) is 9.39. The van der Waals surface area contributed by atoms with Gasteiger partial charge in [-0.25, -0.2) is 0 Å². The van der Waals surface area contributed by atoms with Gasteiger partial charge in [-0.05, 0) is 237 Å². The van der Waals surface area contributed by atoms with E-state index in [1.807, 2.05) is 0 Å². The van der Waals surface area contributed by atoms with E-state index in [2.05, 4.69) is 436 Å². The zero-order chi connectivity index (χ0) is 67.8. The summed E-state index contributed by atoms with van der Waals surface area (Å²) in [6.07, 6.45) is 9.67. The SMILES string of the molecule is Cc1cc(C)cc(N(c2ccc(C=Cc3ccc(N(c4ccccc4)c4ccccc4)cc3)cc2)c2ccc(-c3cccc(CC(C)(C)c4ccc(N(c5ccc(C=Cc6ccc(N(c7ccccc7)c7ccccc7)cc6)cc5)c5cc6ccccc6c6ccccc56)cc4)c3)cc2)c1. The maximum Gasteiger partial charge on any atom is 0.0546 e. The molecule has 15 rings (SSSR count). The van der Waals surface area contributed by atoms with Gasteiger partial charge >= 0.3 is 0 Å². The lowest BCUT2D eigenvalue weighted by molar-refractivity contribution is 0.522. The molecule has 100 heavy (non-hydrogen) atoms. The molecule has 482 valence electrons. The van der Waals surface area contributed by atoms with Crippen LogP contribution in [-0.4, -0.2) is 0 Å². The molecule has 0 N–H and O–H groups in total. The maximum atomic E-state index is 2.43. The van der Waals surface area contributed by atoms with E-state index < -0.39 is 0 Å². The number of hydrogen-bond donors (Lipinski definition) is 0. The first-order valence-electron chi connectivity index (χ1n) is 34.6. The number of fused-ring (bicyclic) bond motifs is 3. The third-order valence-electron chi connectivity index (χ3n) is 19.0. The first kappa shape index (κ1) is 63.5. The van der Waals surface area contributed by atoms with Crippen LogP contribution in [0.25, 0.3) is 57.0 Å². The van der Waals surface area contributed by atoms with Crippen molar-refractivity contribution in [2.75, 3.05) is 19.6 Å². The number of benzene rings is 15. The topological polar surface area (TPSA) is 13.0 Å². The highest BCUT2D eigenvalue weighted by Gasteiger charge is 2.24. The van der Waals surface area contributed by atoms with Crippen LogP contribution in [-0.2, 0) is 11.8 Å². The molecule has 0 heterocycles. The van der Waals surface area contributed by atoms with Crippen LogP contribution in [0.2, 0.25) is 0 Å². The number of rotatable bonds is 20. The van der Waals surface area contributed by atoms with Crippen LogP contribution in [0, 0.1) is 13.8 Å². The van der Waals surface area contributed by atoms with Gasteiger partial charge in [0.1, 0.15) is 0 Å². The van der Waals surface area contributed by atoms with E-state index in [9.17, 15) is 0 Å². The molecule has 4 nitrogen and oxygen atoms in total. The number of aryl methyl sites for hydroxylation is 2. The number of para-hydroxylation sites is 4. The van der Waals surface area contributed by atoms with E-state index in [-0.39, 0.29) is 5.41 Å². The smallest absolute Gasteiger partial charge is 0.0546 e. The van der Waals surface area contributed by atoms with E-state index in [1.54, 1.807) is 0 Å². The van der Waals surface area contributed by atoms with Crippen molar-refractivity contribution >= 4 is 114 Å². The average Bonchev–Trinajstić information content (AvgIpc) is 0.753. The molecule has 0 unspecified atom stereocenters. The molecule has 0 aliphatic carbocycles. The predicted octanol–water partition coefficient (Wildman–Crippen LogP) is 27.0. The Kier molecular flexibility index (Phi) is 18.2. The predicted molar refractivity (Wildman–Crippen MR) is 429 cm³/mol. The van der Waals surface area contributed by atoms with E-state index >= 15 is 0 Å². The van der Waals surface area contributed by atoms with Crippen LogP contribution >= 0.6 is 0 Å². The van der Waals surface area contributed by atoms with Gasteiger partial charge in [-0.3, -0.25) is 0 Å². The van der Waals surface area contributed by atoms with Gasteiger partial charge in [0, 0.05) is 67.9 Å². The molecule has 0 fully saturated rings. The fourth-order valence-corrected chi connectivity index (χ4v) is 14.0. The van der Waals surface area contributed by atoms with Crippen LogP contribution in [0.4, 0.5) is 68.2 Å². The molecule has 0 saturated carbocycles. The minimum absolute atomic E-state index is 0.170. The van der Waals surface area contributed by atoms with Crippen LogP contribution in [0.3, 0.4) is 0 Å². The fourth-order valence-electron chi connectivity index (χ4n) is 14.0. The van der Waals surface area contributed by atoms with Gasteiger partial charge in [-0.1, -0.05) is 263 Å². The highest BCUT2D eigenvalue weighted by Crippen LogP contribution is 2.45. The minimum atomic E-state index is -0.170. The van der Waals surface area contributed by atoms with Crippen molar-refractivity contribution in [3.63, 3.8) is 0 Å². The van der Waals surface area contributed by atoms with Crippen LogP contribution in [0.5, 0.6) is 0 Å². The van der Waals surface area contributed by atoms with Crippen molar-refractivity contribution < 1.29 is 0 Å². The average molecular weight is 1290 g/mol. The molecule has 0 spiro atoms. The van der Waals surface area contributed by atoms with Crippen LogP contribution < -0.4 is 19.6 Å². The van der Waals surface area contributed by atoms with Crippen molar-refractivity contribution in [3.05, 3.63) is 408 Å². The van der Waals surface area contributed by atoms with Crippen molar-refractivity contribution in [2.24, 2.45) is 0 Å². The molecular weight excluding hydrogens is 1210 g/mol. The quantitative estimate of drug-likeness (QED) is 0.0557. The van der Waals surface area contributed by atoms with E-state index in [4.69, 9.17) is 0 Å². The summed E-state index contributed by atoms with van der Waals surface area (Å²) in [5.74, 6) is 0. The van der Waals surface area contributed by atoms with Crippen LogP contribution in [0.1, 0.15) is 58.4 Å². The van der Waals surface area contributed by atoms with Crippen molar-refractivity contribution in [1.82, 2.24) is 0 Å². The third kappa shape index (κ3) is 14.0. The molecule has 0 aliphatic rings. The molecule has 15 aromatic rings. The van der Waals surface area contributed by atoms with Crippen molar-refractivity contribution in [1.29, 1.82) is 0 Å². The molecule has 0 atom stereocenters. The Labute approximate surface area is 589 Å². The first-order valence-corrected chi connectivity index (χ1v) is 34.6. The number of hydrogen-bond acceptors (Lipinski definition) is 4. The molecular formula is C96H78N4. The zero-order valence-corrected chi connectivity index (χ0v) is 56.9. The van der Waals surface area contributed by atoms with E-state index in [0.29, 0.717) is 0 Å². The Morgan fingerprint density at radius 1 is 0.250 bits per heavy atom. The Morgan fingerprint density at radius 2 is 0.590 bits per heavy atom. The summed E-state index contributed by atoms with van der Waals surface area (Å²) < 4.78 is 0. The van der Waals surface area contributed by atoms with Crippen molar-refractivity contribution in [3.8, 4) is 11.1 Å². The summed E-state index contributed by atoms with van der Waals surface area (Å²) in [5, 5.41) is 4.89. The second kappa shape index (κ2) is 28.7. The summed E-state index contributed by atoms with van der Waals surface area (Å²) in [5.41, 5.74) is 25.1. The van der Waals surface area contributed by atoms with E-state index in [0.717, 1.165) is 96.9 Å². The van der Waals surface area contributed by atoms with Gasteiger partial charge in [-0.2, -0.15) is 0 Å². The van der Waals surface area contributed by atoms with Gasteiger partial charge in [0.05, 0.1) is 5.69 Å². The lowest BCUT2D eigenvalue weighted by atomic mass is 9.79. The standard InChI is InChI=1S/C96H78N4/c1-70-64-71(2)66-91(65-70)99(87-56-44-74(45-57-87)37-36-72-40-52-85(53-41-72)97(81-25-9-5-10-26-81)82-27-11-6-12-28-82)88-60-48-77(49-61-88)78-24-21-22-76(67-78)69-96(3,4)80-50-62-90(63-51-80)100(95-68-79-23-17-18-33-92(79)93-34-19-20-35-94(93)95)89-58-46-75(47-59-89)39-38-73-42-54-86(55-43-73)98(83-29-13-7-14-30-83)84-31-15-8-16-32-84/h5-68H,69H2,1-4H3. The highest BCUT2D eigenvalue weighted by atomic mass is 15.2. The fraction of sp³-hybridized carbons (Fsp3) is 0.0625. The monoisotopic (exact) mass is 1290 g/mol. The van der Waals surface area contributed by atoms with Gasteiger partial charge in [0.15, 0.2) is 0 Å². The summed E-state index contributed by atoms with van der Waals surface area (Å²) in [6.45, 7) is 9.11. The van der Waals surface area contributed by atoms with Crippen molar-refractivity contribution in [2.45, 2.75) is 39.5 Å². The Hall–Kier alpha value is -12.5. The second-order valence-corrected chi connectivity index (χ2v) is 26.6. The Balaban J connectivity index is 0.659. The number of anilines is 12. The first-order chi connectivity index (χ1) is 49.1. The lowest BCUT2D eigenvalue weighted by Crippen LogP contribution is -2.20. The van der Waals surface area contributed by atoms with Gasteiger partial charge < -0.3 is 19.6 Å². The highest BCUT2D eigenvalue weighted by molar-refractivity contribution is 6.14. The molecule has 0 aliphatic heterocycles.